The van der Waals surface area contributed by atoms with E-state index in [0.29, 0.717) is 0 Å². The van der Waals surface area contributed by atoms with E-state index in [-0.39, 0.29) is 0 Å². The van der Waals surface area contributed by atoms with Gasteiger partial charge in [-0.15, -0.1) is 0 Å². The number of aliphatic hydroxyl groups excluding tert-OH is 11. The van der Waals surface area contributed by atoms with Crippen LogP contribution >= 0.6 is 0 Å². The molecule has 47 heavy (non-hydrogen) atoms. The molecule has 1 amide bonds. The zero-order valence-electron chi connectivity index (χ0n) is 25.0. The lowest BCUT2D eigenvalue weighted by Crippen LogP contribution is -2.69. The van der Waals surface area contributed by atoms with Gasteiger partial charge in [-0.05, 0) is 0 Å². The van der Waals surface area contributed by atoms with E-state index in [1.54, 1.807) is 0 Å². The number of nitrogens with one attached hydrogen (secondary N) is 1. The molecule has 12 N–H and O–H groups in total. The third-order valence-corrected chi connectivity index (χ3v) is 8.86. The first-order valence-corrected chi connectivity index (χ1v) is 15.1. The van der Waals surface area contributed by atoms with Gasteiger partial charge in [0.05, 0.1) is 26.4 Å². The van der Waals surface area contributed by atoms with Crippen molar-refractivity contribution in [3.05, 3.63) is 0 Å². The average molecular weight is 690 g/mol. The van der Waals surface area contributed by atoms with Crippen molar-refractivity contribution in [3.8, 4) is 0 Å². The summed E-state index contributed by atoms with van der Waals surface area (Å²) in [5.74, 6) is -0.705. The molecule has 0 saturated carbocycles. The van der Waals surface area contributed by atoms with Crippen LogP contribution in [0.15, 0.2) is 0 Å². The van der Waals surface area contributed by atoms with E-state index < -0.39 is 155 Å². The smallest absolute Gasteiger partial charge is 0.217 e. The van der Waals surface area contributed by atoms with Crippen LogP contribution in [0.25, 0.3) is 0 Å². The summed E-state index contributed by atoms with van der Waals surface area (Å²) in [6.07, 6.45) is -33.5. The van der Waals surface area contributed by atoms with Gasteiger partial charge in [-0.3, -0.25) is 4.79 Å². The fourth-order valence-electron chi connectivity index (χ4n) is 6.31. The fourth-order valence-corrected chi connectivity index (χ4v) is 6.31. The molecule has 0 aromatic carbocycles. The largest absolute Gasteiger partial charge is 0.394 e. The van der Waals surface area contributed by atoms with Gasteiger partial charge in [0, 0.05) is 6.92 Å². The third-order valence-electron chi connectivity index (χ3n) is 8.86. The first kappa shape index (κ1) is 37.0. The third kappa shape index (κ3) is 7.16. The van der Waals surface area contributed by atoms with Gasteiger partial charge in [-0.1, -0.05) is 0 Å². The maximum absolute atomic E-state index is 12.3. The fraction of sp³-hybridized carbons (Fsp3) is 0.962. The Balaban J connectivity index is 1.63. The zero-order valence-corrected chi connectivity index (χ0v) is 25.0. The summed E-state index contributed by atoms with van der Waals surface area (Å²) in [7, 11) is 0. The zero-order chi connectivity index (χ0) is 34.3. The van der Waals surface area contributed by atoms with Crippen LogP contribution in [0.3, 0.4) is 0 Å². The Bertz CT molecular complexity index is 1040. The van der Waals surface area contributed by atoms with Gasteiger partial charge in [-0.2, -0.15) is 0 Å². The molecule has 4 bridgehead atoms. The van der Waals surface area contributed by atoms with Crippen LogP contribution in [-0.4, -0.2) is 211 Å². The Labute approximate surface area is 266 Å². The molecule has 0 aromatic heterocycles. The number of hydrogen-bond donors (Lipinski definition) is 12. The normalized spacial score (nSPS) is 52.4. The molecule has 0 spiro atoms. The highest BCUT2D eigenvalue weighted by Gasteiger charge is 2.58. The van der Waals surface area contributed by atoms with Crippen molar-refractivity contribution >= 4 is 5.91 Å². The summed E-state index contributed by atoms with van der Waals surface area (Å²) in [6.45, 7) is -2.30. The summed E-state index contributed by atoms with van der Waals surface area (Å²) in [6, 6.07) is -1.51. The molecule has 21 heteroatoms. The Morgan fingerprint density at radius 1 is 0.447 bits per heavy atom. The van der Waals surface area contributed by atoms with Crippen molar-refractivity contribution < 1.29 is 98.9 Å². The van der Waals surface area contributed by atoms with E-state index in [2.05, 4.69) is 5.32 Å². The summed E-state index contributed by atoms with van der Waals surface area (Å²) in [5.41, 5.74) is 0. The number of aliphatic hydroxyl groups is 11. The molecule has 272 valence electrons. The maximum atomic E-state index is 12.3. The second-order valence-corrected chi connectivity index (χ2v) is 12.0. The Morgan fingerprint density at radius 3 is 1.32 bits per heavy atom. The van der Waals surface area contributed by atoms with Crippen LogP contribution < -0.4 is 5.32 Å². The number of fused-ring (bicyclic) bond motifs is 2. The molecular formula is C26H43NO20. The molecule has 6 heterocycles. The molecule has 6 rings (SSSR count). The molecule has 6 saturated heterocycles. The monoisotopic (exact) mass is 689 g/mol. The molecule has 6 aliphatic rings. The van der Waals surface area contributed by atoms with Crippen molar-refractivity contribution in [3.63, 3.8) is 0 Å². The van der Waals surface area contributed by atoms with Crippen LogP contribution in [0.1, 0.15) is 6.92 Å². The summed E-state index contributed by atoms with van der Waals surface area (Å²) in [5, 5.41) is 119. The topological polar surface area (TPSA) is 325 Å². The highest BCUT2D eigenvalue weighted by atomic mass is 16.8. The second-order valence-electron chi connectivity index (χ2n) is 12.0. The van der Waals surface area contributed by atoms with Gasteiger partial charge in [0.2, 0.25) is 5.91 Å². The summed E-state index contributed by atoms with van der Waals surface area (Å²) >= 11 is 0. The second kappa shape index (κ2) is 15.3. The number of carbonyl (C=O) groups excluding carboxylic acids is 1. The van der Waals surface area contributed by atoms with Gasteiger partial charge in [-0.25, -0.2) is 0 Å². The van der Waals surface area contributed by atoms with Gasteiger partial charge >= 0.3 is 0 Å². The molecule has 0 radical (unpaired) electrons. The molecule has 0 aliphatic carbocycles. The molecule has 20 atom stereocenters. The highest BCUT2D eigenvalue weighted by molar-refractivity contribution is 5.73. The first-order valence-electron chi connectivity index (χ1n) is 15.1. The number of carbonyl (C=O) groups is 1. The van der Waals surface area contributed by atoms with Gasteiger partial charge in [0.1, 0.15) is 97.6 Å². The Hall–Kier alpha value is -1.29. The molecule has 0 unspecified atom stereocenters. The van der Waals surface area contributed by atoms with Crippen LogP contribution in [0.4, 0.5) is 0 Å². The summed E-state index contributed by atoms with van der Waals surface area (Å²) in [4.78, 5) is 12.3. The number of rotatable bonds is 5. The highest BCUT2D eigenvalue weighted by Crippen LogP contribution is 2.37. The predicted octanol–water partition coefficient (Wildman–Crippen LogP) is -8.56. The first-order chi connectivity index (χ1) is 22.3. The molecule has 6 fully saturated rings. The van der Waals surface area contributed by atoms with Gasteiger partial charge in [0.25, 0.3) is 0 Å². The SMILES string of the molecule is CC(=O)N[C@H]1[C@H]2O[C@H]3[C@H](O)[C@H](O)[C@@H](O[C@@H]4[C@@H](O[C@@H]5[C@H](O[C@H]1[C@@H](O)[C@@H](CO)O2)O[C@H](CO)[C@@H](O)[C@@H]5O)O[C@H](CO)[C@@H](O)[C@@H]4O)O[C@@H]3CO. The van der Waals surface area contributed by atoms with Crippen LogP contribution in [0.2, 0.25) is 0 Å². The standard InChI is InChI=1S/C26H43NO20/c1-6(32)27-11-20-14(35)9(4-30)40-23(11)44-19-10(5-31)43-24(18(39)17(19)38)46-21-15(36)12(33)8(3-29)42-26(21)47-22-16(37)13(34)7(2-28)41-25(22)45-20/h7-26,28-31,33-39H,2-5H2,1H3,(H,27,32)/t7-,8-,9-,10-,11-,12-,13-,14+,15+,16+,17-,18+,19-,20-,21+,22+,23-,24-,25+,26-/m1/s1. The molecule has 0 aromatic rings. The van der Waals surface area contributed by atoms with Gasteiger partial charge in [0.15, 0.2) is 25.2 Å². The van der Waals surface area contributed by atoms with Gasteiger partial charge < -0.3 is 99.4 Å². The minimum atomic E-state index is -1.99. The van der Waals surface area contributed by atoms with Crippen LogP contribution in [-0.2, 0) is 42.7 Å². The number of hydrogen-bond acceptors (Lipinski definition) is 20. The van der Waals surface area contributed by atoms with Crippen molar-refractivity contribution in [1.82, 2.24) is 5.32 Å². The number of amides is 1. The molecule has 21 nitrogen and oxygen atoms in total. The lowest BCUT2D eigenvalue weighted by atomic mass is 9.94. The van der Waals surface area contributed by atoms with Crippen LogP contribution in [0.5, 0.6) is 0 Å². The maximum Gasteiger partial charge on any atom is 0.217 e. The number of ether oxygens (including phenoxy) is 8. The van der Waals surface area contributed by atoms with E-state index in [1.165, 1.54) is 0 Å². The van der Waals surface area contributed by atoms with Crippen molar-refractivity contribution in [2.75, 3.05) is 26.4 Å². The van der Waals surface area contributed by atoms with E-state index in [9.17, 15) is 61.0 Å². The predicted molar refractivity (Wildman–Crippen MR) is 142 cm³/mol. The van der Waals surface area contributed by atoms with E-state index >= 15 is 0 Å². The quantitative estimate of drug-likeness (QED) is 0.127. The van der Waals surface area contributed by atoms with Crippen molar-refractivity contribution in [2.45, 2.75) is 130 Å². The lowest BCUT2D eigenvalue weighted by molar-refractivity contribution is -0.395. The average Bonchev–Trinajstić information content (AvgIpc) is 3.05. The van der Waals surface area contributed by atoms with Crippen molar-refractivity contribution in [2.24, 2.45) is 0 Å². The summed E-state index contributed by atoms with van der Waals surface area (Å²) < 4.78 is 46.3. The van der Waals surface area contributed by atoms with Crippen LogP contribution in [0, 0.1) is 0 Å². The van der Waals surface area contributed by atoms with E-state index in [0.717, 1.165) is 6.92 Å². The lowest BCUT2D eigenvalue weighted by Gasteiger charge is -2.49. The minimum Gasteiger partial charge on any atom is -0.394 e. The minimum absolute atomic E-state index is 0.705. The van der Waals surface area contributed by atoms with E-state index in [4.69, 9.17) is 37.9 Å². The van der Waals surface area contributed by atoms with E-state index in [1.807, 2.05) is 0 Å². The Morgan fingerprint density at radius 2 is 0.830 bits per heavy atom. The molecular weight excluding hydrogens is 646 g/mol. The van der Waals surface area contributed by atoms with Crippen molar-refractivity contribution in [1.29, 1.82) is 0 Å². The Kier molecular flexibility index (Phi) is 12.0. The molecule has 6 aliphatic heterocycles.